The van der Waals surface area contributed by atoms with Crippen LogP contribution in [0.4, 0.5) is 0 Å². The number of nitrogens with one attached hydrogen (secondary N) is 4. The van der Waals surface area contributed by atoms with Crippen LogP contribution in [-0.2, 0) is 46.4 Å². The molecule has 0 fully saturated rings. The summed E-state index contributed by atoms with van der Waals surface area (Å²) in [6, 6.07) is 0. The summed E-state index contributed by atoms with van der Waals surface area (Å²) in [6.45, 7) is 13.2. The number of aliphatic imine (C=N–C) groups is 1. The molecular weight excluding hydrogens is 594 g/mol. The minimum atomic E-state index is -0.595. The summed E-state index contributed by atoms with van der Waals surface area (Å²) in [5.41, 5.74) is 13.8. The number of nitrogens with zero attached hydrogens (tertiary/aromatic N) is 1. The molecule has 4 aromatic rings. The Kier molecular flexibility index (Phi) is 11.9. The van der Waals surface area contributed by atoms with Crippen molar-refractivity contribution in [2.24, 2.45) is 4.99 Å². The molecule has 0 radical (unpaired) electrons. The topological polar surface area (TPSA) is 145 Å². The number of hydrogen-bond donors (Lipinski definition) is 4. The van der Waals surface area contributed by atoms with E-state index in [0.29, 0.717) is 18.5 Å². The van der Waals surface area contributed by atoms with Gasteiger partial charge < -0.3 is 29.4 Å². The molecule has 0 bridgehead atoms. The first-order valence-corrected chi connectivity index (χ1v) is 16.5. The van der Waals surface area contributed by atoms with Crippen molar-refractivity contribution < 1.29 is 23.9 Å². The third-order valence-electron chi connectivity index (χ3n) is 9.33. The Morgan fingerprint density at radius 3 is 2.00 bits per heavy atom. The zero-order valence-corrected chi connectivity index (χ0v) is 29.1. The number of aromatic amines is 4. The molecule has 4 rings (SSSR count). The van der Waals surface area contributed by atoms with Crippen LogP contribution in [0.2, 0.25) is 0 Å². The maximum absolute atomic E-state index is 13.0. The highest BCUT2D eigenvalue weighted by molar-refractivity contribution is 6.07. The van der Waals surface area contributed by atoms with Gasteiger partial charge in [0.05, 0.1) is 37.6 Å². The summed E-state index contributed by atoms with van der Waals surface area (Å²) in [6.07, 6.45) is 11.2. The monoisotopic (exact) mass is 643 g/mol. The van der Waals surface area contributed by atoms with E-state index in [-0.39, 0.29) is 29.9 Å². The van der Waals surface area contributed by atoms with Crippen LogP contribution in [-0.4, -0.2) is 64.6 Å². The zero-order chi connectivity index (χ0) is 34.2. The summed E-state index contributed by atoms with van der Waals surface area (Å²) in [5, 5.41) is 0. The average Bonchev–Trinajstić information content (AvgIpc) is 3.78. The molecule has 10 heteroatoms. The number of H-pyrrole nitrogens is 4. The number of esters is 2. The molecule has 4 aromatic heterocycles. The molecule has 0 saturated carbocycles. The molecule has 10 nitrogen and oxygen atoms in total. The molecule has 0 aliphatic rings. The second-order valence-electron chi connectivity index (χ2n) is 12.2. The Labute approximate surface area is 277 Å². The van der Waals surface area contributed by atoms with E-state index < -0.39 is 11.9 Å². The highest BCUT2D eigenvalue weighted by Gasteiger charge is 2.27. The van der Waals surface area contributed by atoms with Crippen LogP contribution in [0.3, 0.4) is 0 Å². The van der Waals surface area contributed by atoms with Gasteiger partial charge in [-0.3, -0.25) is 14.6 Å². The first kappa shape index (κ1) is 35.3. The smallest absolute Gasteiger partial charge is 0.340 e. The van der Waals surface area contributed by atoms with Crippen molar-refractivity contribution in [1.82, 2.24) is 19.9 Å². The third kappa shape index (κ3) is 7.86. The molecule has 4 N–H and O–H groups in total. The number of aromatic nitrogens is 4. The van der Waals surface area contributed by atoms with Gasteiger partial charge in [0, 0.05) is 67.2 Å². The zero-order valence-electron chi connectivity index (χ0n) is 29.1. The van der Waals surface area contributed by atoms with Crippen LogP contribution < -0.4 is 0 Å². The standard InChI is InChI=1S/C37H49N5O5/c1-9-11-25-18-39-28(21(25)3)16-29-22(4)26(19-40-29)14-15-38-20-32-23(5)27(10-2)31(41-32)17-30-24(6)35(37(45)47-8)36(42-30)33(43)12-13-34(44)46-7/h18-20,39-42H,9-17H2,1-8H3. The summed E-state index contributed by atoms with van der Waals surface area (Å²) >= 11 is 0. The molecule has 0 amide bonds. The lowest BCUT2D eigenvalue weighted by Crippen LogP contribution is -2.12. The van der Waals surface area contributed by atoms with Gasteiger partial charge in [0.2, 0.25) is 0 Å². The quantitative estimate of drug-likeness (QED) is 0.0625. The maximum atomic E-state index is 13.0. The molecule has 0 aliphatic carbocycles. The molecule has 252 valence electrons. The van der Waals surface area contributed by atoms with E-state index in [4.69, 9.17) is 9.73 Å². The van der Waals surface area contributed by atoms with Crippen molar-refractivity contribution in [2.45, 2.75) is 92.9 Å². The van der Waals surface area contributed by atoms with Crippen molar-refractivity contribution >= 4 is 23.9 Å². The van der Waals surface area contributed by atoms with Crippen LogP contribution >= 0.6 is 0 Å². The normalized spacial score (nSPS) is 11.5. The molecule has 0 atom stereocenters. The summed E-state index contributed by atoms with van der Waals surface area (Å²) in [5.74, 6) is -1.42. The number of Topliss-reactive ketones (excluding diaryl/α,β-unsaturated/α-hetero) is 1. The maximum Gasteiger partial charge on any atom is 0.340 e. The Hall–Kier alpha value is -4.60. The fourth-order valence-corrected chi connectivity index (χ4v) is 6.33. The van der Waals surface area contributed by atoms with Gasteiger partial charge in [-0.05, 0) is 85.9 Å². The van der Waals surface area contributed by atoms with E-state index in [0.717, 1.165) is 54.7 Å². The molecule has 0 aliphatic heterocycles. The summed E-state index contributed by atoms with van der Waals surface area (Å²) < 4.78 is 9.66. The van der Waals surface area contributed by atoms with Gasteiger partial charge in [-0.15, -0.1) is 0 Å². The first-order valence-electron chi connectivity index (χ1n) is 16.5. The van der Waals surface area contributed by atoms with E-state index >= 15 is 0 Å². The van der Waals surface area contributed by atoms with Crippen LogP contribution in [0, 0.1) is 27.7 Å². The number of ketones is 1. The van der Waals surface area contributed by atoms with E-state index in [1.54, 1.807) is 6.92 Å². The molecular formula is C37H49N5O5. The highest BCUT2D eigenvalue weighted by atomic mass is 16.5. The third-order valence-corrected chi connectivity index (χ3v) is 9.33. The summed E-state index contributed by atoms with van der Waals surface area (Å²) in [4.78, 5) is 55.8. The second-order valence-corrected chi connectivity index (χ2v) is 12.2. The van der Waals surface area contributed by atoms with Crippen molar-refractivity contribution in [2.75, 3.05) is 20.8 Å². The van der Waals surface area contributed by atoms with Gasteiger partial charge >= 0.3 is 11.9 Å². The Balaban J connectivity index is 1.47. The molecule has 47 heavy (non-hydrogen) atoms. The van der Waals surface area contributed by atoms with Crippen molar-refractivity contribution in [3.05, 3.63) is 91.1 Å². The van der Waals surface area contributed by atoms with Gasteiger partial charge in [0.1, 0.15) is 0 Å². The van der Waals surface area contributed by atoms with Gasteiger partial charge in [-0.1, -0.05) is 20.3 Å². The van der Waals surface area contributed by atoms with E-state index in [9.17, 15) is 14.4 Å². The van der Waals surface area contributed by atoms with Crippen molar-refractivity contribution in [3.8, 4) is 0 Å². The lowest BCUT2D eigenvalue weighted by Gasteiger charge is -2.04. The number of carbonyl (C=O) groups is 3. The highest BCUT2D eigenvalue weighted by Crippen LogP contribution is 2.27. The number of carbonyl (C=O) groups excluding carboxylic acids is 3. The number of rotatable bonds is 16. The SMILES string of the molecule is CCCc1c[nH]c(Cc2[nH]cc(CCN=Cc3[nH]c(Cc4[nH]c(C(=O)CCC(=O)OC)c(C(=O)OC)c4C)c(CC)c3C)c2C)c1C. The van der Waals surface area contributed by atoms with Gasteiger partial charge in [-0.2, -0.15) is 0 Å². The number of hydrogen-bond acceptors (Lipinski definition) is 6. The van der Waals surface area contributed by atoms with Crippen LogP contribution in [0.15, 0.2) is 17.4 Å². The van der Waals surface area contributed by atoms with Crippen LogP contribution in [0.5, 0.6) is 0 Å². The van der Waals surface area contributed by atoms with E-state index in [1.165, 1.54) is 53.4 Å². The Morgan fingerprint density at radius 1 is 0.766 bits per heavy atom. The van der Waals surface area contributed by atoms with Gasteiger partial charge in [0.15, 0.2) is 5.78 Å². The fraction of sp³-hybridized carbons (Fsp3) is 0.459. The lowest BCUT2D eigenvalue weighted by molar-refractivity contribution is -0.140. The fourth-order valence-electron chi connectivity index (χ4n) is 6.33. The predicted octanol–water partition coefficient (Wildman–Crippen LogP) is 6.51. The minimum Gasteiger partial charge on any atom is -0.469 e. The van der Waals surface area contributed by atoms with Gasteiger partial charge in [-0.25, -0.2) is 4.79 Å². The molecule has 0 unspecified atom stereocenters. The number of ether oxygens (including phenoxy) is 2. The van der Waals surface area contributed by atoms with E-state index in [2.05, 4.69) is 71.7 Å². The van der Waals surface area contributed by atoms with Crippen molar-refractivity contribution in [3.63, 3.8) is 0 Å². The van der Waals surface area contributed by atoms with E-state index in [1.807, 2.05) is 6.21 Å². The summed E-state index contributed by atoms with van der Waals surface area (Å²) in [7, 11) is 2.56. The van der Waals surface area contributed by atoms with Crippen LogP contribution in [0.1, 0.15) is 121 Å². The second kappa shape index (κ2) is 15.8. The van der Waals surface area contributed by atoms with Crippen LogP contribution in [0.25, 0.3) is 0 Å². The number of methoxy groups -OCH3 is 2. The molecule has 0 spiro atoms. The Morgan fingerprint density at radius 2 is 1.40 bits per heavy atom. The average molecular weight is 644 g/mol. The molecule has 0 saturated heterocycles. The first-order chi connectivity index (χ1) is 22.5. The number of aryl methyl sites for hydroxylation is 1. The predicted molar refractivity (Wildman–Crippen MR) is 184 cm³/mol. The molecule has 0 aromatic carbocycles. The van der Waals surface area contributed by atoms with Crippen molar-refractivity contribution in [1.29, 1.82) is 0 Å². The minimum absolute atomic E-state index is 0.0697. The lowest BCUT2D eigenvalue weighted by atomic mass is 10.0. The largest absolute Gasteiger partial charge is 0.469 e. The molecule has 4 heterocycles. The van der Waals surface area contributed by atoms with Gasteiger partial charge in [0.25, 0.3) is 0 Å². The Bertz CT molecular complexity index is 1760.